The Morgan fingerprint density at radius 3 is 2.73 bits per heavy atom. The first-order valence-electron chi connectivity index (χ1n) is 5.25. The van der Waals surface area contributed by atoms with E-state index in [4.69, 9.17) is 14.9 Å². The van der Waals surface area contributed by atoms with E-state index >= 15 is 0 Å². The van der Waals surface area contributed by atoms with Crippen LogP contribution in [0.2, 0.25) is 0 Å². The molecule has 1 aliphatic heterocycles. The summed E-state index contributed by atoms with van der Waals surface area (Å²) in [5, 5.41) is 18.1. The number of ether oxygens (including phenoxy) is 1. The summed E-state index contributed by atoms with van der Waals surface area (Å²) in [5.41, 5.74) is 0. The van der Waals surface area contributed by atoms with Gasteiger partial charge in [-0.05, 0) is 5.92 Å². The molecule has 5 nitrogen and oxygen atoms in total. The van der Waals surface area contributed by atoms with E-state index in [2.05, 4.69) is 0 Å². The number of aliphatic hydroxyl groups is 1. The smallest absolute Gasteiger partial charge is 0.321 e. The van der Waals surface area contributed by atoms with Crippen LogP contribution in [-0.4, -0.2) is 59.5 Å². The Bertz CT molecular complexity index is 219. The Hall–Kier alpha value is -0.650. The quantitative estimate of drug-likeness (QED) is 0.682. The number of nitrogens with zero attached hydrogens (tertiary/aromatic N) is 1. The van der Waals surface area contributed by atoms with Crippen LogP contribution >= 0.6 is 0 Å². The van der Waals surface area contributed by atoms with Crippen molar-refractivity contribution in [1.29, 1.82) is 0 Å². The summed E-state index contributed by atoms with van der Waals surface area (Å²) in [4.78, 5) is 13.0. The van der Waals surface area contributed by atoms with Crippen molar-refractivity contribution in [3.8, 4) is 0 Å². The molecular formula is C10H19NO4. The number of hydrogen-bond donors (Lipinski definition) is 2. The van der Waals surface area contributed by atoms with E-state index in [-0.39, 0.29) is 18.6 Å². The molecule has 1 heterocycles. The lowest BCUT2D eigenvalue weighted by molar-refractivity contribution is -0.149. The minimum absolute atomic E-state index is 0.0546. The first kappa shape index (κ1) is 12.4. The minimum atomic E-state index is -0.802. The summed E-state index contributed by atoms with van der Waals surface area (Å²) >= 11 is 0. The van der Waals surface area contributed by atoms with E-state index in [1.807, 2.05) is 18.7 Å². The highest BCUT2D eigenvalue weighted by atomic mass is 16.5. The van der Waals surface area contributed by atoms with Gasteiger partial charge in [-0.15, -0.1) is 0 Å². The van der Waals surface area contributed by atoms with Gasteiger partial charge in [0.1, 0.15) is 6.04 Å². The van der Waals surface area contributed by atoms with Gasteiger partial charge in [-0.2, -0.15) is 0 Å². The summed E-state index contributed by atoms with van der Waals surface area (Å²) in [6, 6.07) is -0.483. The molecule has 88 valence electrons. The second-order valence-electron chi connectivity index (χ2n) is 4.20. The number of rotatable bonds is 4. The lowest BCUT2D eigenvalue weighted by Crippen LogP contribution is -2.53. The summed E-state index contributed by atoms with van der Waals surface area (Å²) in [7, 11) is 0. The van der Waals surface area contributed by atoms with Crippen LogP contribution in [0.1, 0.15) is 13.8 Å². The van der Waals surface area contributed by atoms with Crippen LogP contribution < -0.4 is 0 Å². The molecule has 0 spiro atoms. The molecule has 2 atom stereocenters. The molecule has 1 fully saturated rings. The van der Waals surface area contributed by atoms with Crippen LogP contribution in [0.5, 0.6) is 0 Å². The van der Waals surface area contributed by atoms with E-state index in [9.17, 15) is 4.79 Å². The van der Waals surface area contributed by atoms with Gasteiger partial charge in [0.15, 0.2) is 0 Å². The number of carboxylic acids is 1. The Kier molecular flexibility index (Phi) is 4.50. The fourth-order valence-electron chi connectivity index (χ4n) is 1.97. The first-order chi connectivity index (χ1) is 7.06. The van der Waals surface area contributed by atoms with Gasteiger partial charge in [0.05, 0.1) is 19.3 Å². The zero-order valence-corrected chi connectivity index (χ0v) is 9.22. The maximum atomic E-state index is 11.1. The highest BCUT2D eigenvalue weighted by molar-refractivity contribution is 5.73. The van der Waals surface area contributed by atoms with Gasteiger partial charge in [0.2, 0.25) is 0 Å². The fraction of sp³-hybridized carbons (Fsp3) is 0.900. The van der Waals surface area contributed by atoms with E-state index in [0.717, 1.165) is 0 Å². The average Bonchev–Trinajstić information content (AvgIpc) is 2.17. The van der Waals surface area contributed by atoms with Gasteiger partial charge in [0, 0.05) is 13.1 Å². The number of carboxylic acid groups (broad SMARTS) is 1. The third-order valence-electron chi connectivity index (χ3n) is 2.65. The van der Waals surface area contributed by atoms with Gasteiger partial charge in [-0.3, -0.25) is 9.69 Å². The topological polar surface area (TPSA) is 70.0 Å². The normalized spacial score (nSPS) is 25.5. The Labute approximate surface area is 89.6 Å². The van der Waals surface area contributed by atoms with Crippen molar-refractivity contribution in [3.05, 3.63) is 0 Å². The average molecular weight is 217 g/mol. The third-order valence-corrected chi connectivity index (χ3v) is 2.65. The van der Waals surface area contributed by atoms with E-state index in [1.54, 1.807) is 0 Å². The van der Waals surface area contributed by atoms with Crippen molar-refractivity contribution in [3.63, 3.8) is 0 Å². The molecule has 5 heteroatoms. The van der Waals surface area contributed by atoms with Crippen LogP contribution in [0.15, 0.2) is 0 Å². The summed E-state index contributed by atoms with van der Waals surface area (Å²) in [5.74, 6) is -0.747. The fourth-order valence-corrected chi connectivity index (χ4v) is 1.97. The molecule has 2 N–H and O–H groups in total. The van der Waals surface area contributed by atoms with E-state index < -0.39 is 12.0 Å². The number of morpholine rings is 1. The molecule has 0 aromatic heterocycles. The van der Waals surface area contributed by atoms with Crippen LogP contribution in [0.25, 0.3) is 0 Å². The summed E-state index contributed by atoms with van der Waals surface area (Å²) in [6.07, 6.45) is -0.251. The van der Waals surface area contributed by atoms with Gasteiger partial charge < -0.3 is 14.9 Å². The summed E-state index contributed by atoms with van der Waals surface area (Å²) < 4.78 is 5.28. The number of carbonyl (C=O) groups is 1. The maximum absolute atomic E-state index is 11.1. The third kappa shape index (κ3) is 3.15. The van der Waals surface area contributed by atoms with Crippen LogP contribution in [0, 0.1) is 5.92 Å². The van der Waals surface area contributed by atoms with Crippen molar-refractivity contribution in [2.24, 2.45) is 5.92 Å². The molecule has 0 saturated carbocycles. The van der Waals surface area contributed by atoms with Crippen molar-refractivity contribution in [1.82, 2.24) is 4.90 Å². The molecule has 0 aromatic carbocycles. The van der Waals surface area contributed by atoms with Crippen LogP contribution in [0.4, 0.5) is 0 Å². The first-order valence-corrected chi connectivity index (χ1v) is 5.25. The second kappa shape index (κ2) is 5.44. The lowest BCUT2D eigenvalue weighted by atomic mass is 10.0. The molecule has 15 heavy (non-hydrogen) atoms. The molecule has 0 aliphatic carbocycles. The van der Waals surface area contributed by atoms with E-state index in [1.165, 1.54) is 0 Å². The number of aliphatic hydroxyl groups excluding tert-OH is 1. The molecule has 0 radical (unpaired) electrons. The highest BCUT2D eigenvalue weighted by Gasteiger charge is 2.32. The lowest BCUT2D eigenvalue weighted by Gasteiger charge is -2.37. The van der Waals surface area contributed by atoms with Crippen LogP contribution in [0.3, 0.4) is 0 Å². The van der Waals surface area contributed by atoms with Crippen molar-refractivity contribution in [2.75, 3.05) is 26.3 Å². The van der Waals surface area contributed by atoms with Gasteiger partial charge in [-0.25, -0.2) is 0 Å². The minimum Gasteiger partial charge on any atom is -0.480 e. The Balaban J connectivity index is 2.63. The highest BCUT2D eigenvalue weighted by Crippen LogP contribution is 2.15. The van der Waals surface area contributed by atoms with Gasteiger partial charge >= 0.3 is 5.97 Å². The molecule has 1 saturated heterocycles. The van der Waals surface area contributed by atoms with Crippen molar-refractivity contribution in [2.45, 2.75) is 26.0 Å². The number of aliphatic carboxylic acids is 1. The SMILES string of the molecule is CC(C)C(C(=O)O)N1CCOC(CO)C1. The monoisotopic (exact) mass is 217 g/mol. The zero-order valence-electron chi connectivity index (χ0n) is 9.22. The zero-order chi connectivity index (χ0) is 11.4. The molecule has 0 bridgehead atoms. The second-order valence-corrected chi connectivity index (χ2v) is 4.20. The molecule has 0 aromatic rings. The maximum Gasteiger partial charge on any atom is 0.321 e. The van der Waals surface area contributed by atoms with Crippen LogP contribution in [-0.2, 0) is 9.53 Å². The largest absolute Gasteiger partial charge is 0.480 e. The predicted octanol–water partition coefficient (Wildman–Crippen LogP) is -0.211. The molecular weight excluding hydrogens is 198 g/mol. The molecule has 1 rings (SSSR count). The standard InChI is InChI=1S/C10H19NO4/c1-7(2)9(10(13)14)11-3-4-15-8(5-11)6-12/h7-9,12H,3-6H2,1-2H3,(H,13,14). The van der Waals surface area contributed by atoms with E-state index in [0.29, 0.717) is 19.7 Å². The Morgan fingerprint density at radius 2 is 2.27 bits per heavy atom. The predicted molar refractivity (Wildman–Crippen MR) is 54.7 cm³/mol. The van der Waals surface area contributed by atoms with Crippen molar-refractivity contribution >= 4 is 5.97 Å². The molecule has 1 aliphatic rings. The molecule has 0 amide bonds. The molecule has 2 unspecified atom stereocenters. The number of hydrogen-bond acceptors (Lipinski definition) is 4. The summed E-state index contributed by atoms with van der Waals surface area (Å²) in [6.45, 7) is 5.32. The van der Waals surface area contributed by atoms with Gasteiger partial charge in [0.25, 0.3) is 0 Å². The Morgan fingerprint density at radius 1 is 1.60 bits per heavy atom. The van der Waals surface area contributed by atoms with Crippen molar-refractivity contribution < 1.29 is 19.7 Å². The van der Waals surface area contributed by atoms with Gasteiger partial charge in [-0.1, -0.05) is 13.8 Å².